The zero-order valence-corrected chi connectivity index (χ0v) is 16.5. The third kappa shape index (κ3) is 4.13. The molecule has 3 aromatic heterocycles. The van der Waals surface area contributed by atoms with E-state index in [9.17, 15) is 13.2 Å². The van der Waals surface area contributed by atoms with Crippen molar-refractivity contribution >= 4 is 22.8 Å². The Morgan fingerprint density at radius 1 is 1.13 bits per heavy atom. The predicted molar refractivity (Wildman–Crippen MR) is 106 cm³/mol. The standard InChI is InChI=1S/C20H21F3N6O/c1-12-11-30-13(2)10-29(12)19-27-17-15(6-4-8-25-17)18(28-19)26-9-14-5-3-7-24-16(14)20(21,22)23/h3-8,12-13H,9-11H2,1-2H3,(H,25,26,27,28)/t12-,13-/m0/s1. The highest BCUT2D eigenvalue weighted by Gasteiger charge is 2.35. The number of morpholine rings is 1. The van der Waals surface area contributed by atoms with Gasteiger partial charge >= 0.3 is 6.18 Å². The van der Waals surface area contributed by atoms with E-state index < -0.39 is 11.9 Å². The fourth-order valence-corrected chi connectivity index (χ4v) is 3.41. The third-order valence-electron chi connectivity index (χ3n) is 4.93. The van der Waals surface area contributed by atoms with Gasteiger partial charge in [0.2, 0.25) is 5.95 Å². The molecule has 0 aliphatic carbocycles. The quantitative estimate of drug-likeness (QED) is 0.693. The van der Waals surface area contributed by atoms with Gasteiger partial charge in [0.05, 0.1) is 24.1 Å². The minimum Gasteiger partial charge on any atom is -0.375 e. The van der Waals surface area contributed by atoms with Crippen molar-refractivity contribution in [3.63, 3.8) is 0 Å². The zero-order valence-electron chi connectivity index (χ0n) is 16.5. The zero-order chi connectivity index (χ0) is 21.3. The highest BCUT2D eigenvalue weighted by molar-refractivity contribution is 5.87. The Hall–Kier alpha value is -3.01. The molecule has 0 bridgehead atoms. The Balaban J connectivity index is 1.69. The van der Waals surface area contributed by atoms with E-state index in [1.165, 1.54) is 12.1 Å². The van der Waals surface area contributed by atoms with Gasteiger partial charge in [-0.25, -0.2) is 4.98 Å². The molecule has 0 unspecified atom stereocenters. The van der Waals surface area contributed by atoms with Crippen LogP contribution in [-0.2, 0) is 17.5 Å². The SMILES string of the molecule is C[C@H]1CN(c2nc(NCc3cccnc3C(F)(F)F)c3cccnc3n2)[C@@H](C)CO1. The maximum absolute atomic E-state index is 13.3. The Morgan fingerprint density at radius 2 is 1.90 bits per heavy atom. The first-order valence-corrected chi connectivity index (χ1v) is 9.59. The molecule has 0 saturated carbocycles. The molecule has 2 atom stereocenters. The molecule has 0 radical (unpaired) electrons. The first-order valence-electron chi connectivity index (χ1n) is 9.59. The summed E-state index contributed by atoms with van der Waals surface area (Å²) in [7, 11) is 0. The van der Waals surface area contributed by atoms with Crippen LogP contribution < -0.4 is 10.2 Å². The summed E-state index contributed by atoms with van der Waals surface area (Å²) in [6.45, 7) is 5.05. The van der Waals surface area contributed by atoms with Crippen LogP contribution in [0.5, 0.6) is 0 Å². The van der Waals surface area contributed by atoms with Gasteiger partial charge in [0.15, 0.2) is 5.65 Å². The Labute approximate surface area is 171 Å². The smallest absolute Gasteiger partial charge is 0.375 e. The third-order valence-corrected chi connectivity index (χ3v) is 4.93. The van der Waals surface area contributed by atoms with Crippen molar-refractivity contribution in [1.82, 2.24) is 19.9 Å². The summed E-state index contributed by atoms with van der Waals surface area (Å²) < 4.78 is 45.5. The number of fused-ring (bicyclic) bond motifs is 1. The minimum atomic E-state index is -4.53. The molecule has 1 aliphatic rings. The summed E-state index contributed by atoms with van der Waals surface area (Å²) in [5.41, 5.74) is -0.404. The Kier molecular flexibility index (Phi) is 5.42. The summed E-state index contributed by atoms with van der Waals surface area (Å²) >= 11 is 0. The normalized spacial score (nSPS) is 19.8. The fourth-order valence-electron chi connectivity index (χ4n) is 3.41. The number of halogens is 3. The number of hydrogen-bond acceptors (Lipinski definition) is 7. The lowest BCUT2D eigenvalue weighted by atomic mass is 10.2. The first-order chi connectivity index (χ1) is 14.3. The van der Waals surface area contributed by atoms with Gasteiger partial charge in [0.25, 0.3) is 0 Å². The molecule has 1 saturated heterocycles. The lowest BCUT2D eigenvalue weighted by Gasteiger charge is -2.36. The highest BCUT2D eigenvalue weighted by Crippen LogP contribution is 2.31. The molecule has 0 amide bonds. The van der Waals surface area contributed by atoms with Gasteiger partial charge in [-0.05, 0) is 32.0 Å². The number of ether oxygens (including phenoxy) is 1. The maximum Gasteiger partial charge on any atom is 0.433 e. The summed E-state index contributed by atoms with van der Waals surface area (Å²) in [5, 5.41) is 3.67. The van der Waals surface area contributed by atoms with Crippen LogP contribution >= 0.6 is 0 Å². The second-order valence-electron chi connectivity index (χ2n) is 7.25. The molecule has 7 nitrogen and oxygen atoms in total. The number of aromatic nitrogens is 4. The van der Waals surface area contributed by atoms with E-state index in [2.05, 4.69) is 25.3 Å². The molecule has 1 fully saturated rings. The summed E-state index contributed by atoms with van der Waals surface area (Å²) in [4.78, 5) is 19.0. The number of nitrogens with one attached hydrogen (secondary N) is 1. The van der Waals surface area contributed by atoms with Gasteiger partial charge < -0.3 is 15.0 Å². The van der Waals surface area contributed by atoms with Crippen LogP contribution in [0.2, 0.25) is 0 Å². The largest absolute Gasteiger partial charge is 0.433 e. The molecular formula is C20H21F3N6O. The van der Waals surface area contributed by atoms with Crippen molar-refractivity contribution in [1.29, 1.82) is 0 Å². The van der Waals surface area contributed by atoms with Crippen molar-refractivity contribution in [2.45, 2.75) is 38.7 Å². The van der Waals surface area contributed by atoms with Gasteiger partial charge in [0.1, 0.15) is 11.5 Å². The van der Waals surface area contributed by atoms with Crippen molar-refractivity contribution in [2.75, 3.05) is 23.4 Å². The van der Waals surface area contributed by atoms with Crippen LogP contribution in [0.1, 0.15) is 25.1 Å². The van der Waals surface area contributed by atoms with Gasteiger partial charge in [-0.1, -0.05) is 6.07 Å². The second-order valence-corrected chi connectivity index (χ2v) is 7.25. The van der Waals surface area contributed by atoms with E-state index in [4.69, 9.17) is 4.74 Å². The average molecular weight is 418 g/mol. The molecular weight excluding hydrogens is 397 g/mol. The van der Waals surface area contributed by atoms with E-state index in [1.807, 2.05) is 18.7 Å². The van der Waals surface area contributed by atoms with E-state index in [1.54, 1.807) is 18.3 Å². The van der Waals surface area contributed by atoms with E-state index in [-0.39, 0.29) is 24.3 Å². The molecule has 158 valence electrons. The molecule has 10 heteroatoms. The number of anilines is 2. The first kappa shape index (κ1) is 20.3. The average Bonchev–Trinajstić information content (AvgIpc) is 2.73. The van der Waals surface area contributed by atoms with Gasteiger partial charge in [0, 0.05) is 31.0 Å². The molecule has 1 N–H and O–H groups in total. The number of rotatable bonds is 4. The molecule has 4 heterocycles. The van der Waals surface area contributed by atoms with Gasteiger partial charge in [-0.15, -0.1) is 0 Å². The topological polar surface area (TPSA) is 76.1 Å². The van der Waals surface area contributed by atoms with Crippen molar-refractivity contribution in [3.8, 4) is 0 Å². The van der Waals surface area contributed by atoms with Gasteiger partial charge in [-0.3, -0.25) is 4.98 Å². The molecule has 0 aromatic carbocycles. The summed E-state index contributed by atoms with van der Waals surface area (Å²) in [6, 6.07) is 6.46. The lowest BCUT2D eigenvalue weighted by molar-refractivity contribution is -0.141. The van der Waals surface area contributed by atoms with Crippen molar-refractivity contribution in [2.24, 2.45) is 0 Å². The van der Waals surface area contributed by atoms with Crippen molar-refractivity contribution < 1.29 is 17.9 Å². The number of pyridine rings is 2. The molecule has 3 aromatic rings. The van der Waals surface area contributed by atoms with Crippen LogP contribution in [0.15, 0.2) is 36.7 Å². The second kappa shape index (κ2) is 8.02. The number of alkyl halides is 3. The Bertz CT molecular complexity index is 1040. The van der Waals surface area contributed by atoms with E-state index in [0.29, 0.717) is 36.0 Å². The monoisotopic (exact) mass is 418 g/mol. The highest BCUT2D eigenvalue weighted by atomic mass is 19.4. The molecule has 4 rings (SSSR count). The van der Waals surface area contributed by atoms with E-state index >= 15 is 0 Å². The van der Waals surface area contributed by atoms with Crippen molar-refractivity contribution in [3.05, 3.63) is 47.9 Å². The van der Waals surface area contributed by atoms with Crippen LogP contribution in [-0.4, -0.2) is 45.2 Å². The number of nitrogens with zero attached hydrogens (tertiary/aromatic N) is 5. The van der Waals surface area contributed by atoms with E-state index in [0.717, 1.165) is 6.20 Å². The predicted octanol–water partition coefficient (Wildman–Crippen LogP) is 3.66. The maximum atomic E-state index is 13.3. The van der Waals surface area contributed by atoms with Crippen LogP contribution in [0, 0.1) is 0 Å². The lowest BCUT2D eigenvalue weighted by Crippen LogP contribution is -2.48. The van der Waals surface area contributed by atoms with Crippen LogP contribution in [0.4, 0.5) is 24.9 Å². The fraction of sp³-hybridized carbons (Fsp3) is 0.400. The van der Waals surface area contributed by atoms with Crippen LogP contribution in [0.3, 0.4) is 0 Å². The summed E-state index contributed by atoms with van der Waals surface area (Å²) in [5.74, 6) is 0.889. The van der Waals surface area contributed by atoms with Gasteiger partial charge in [-0.2, -0.15) is 23.1 Å². The Morgan fingerprint density at radius 3 is 2.70 bits per heavy atom. The number of hydrogen-bond donors (Lipinski definition) is 1. The molecule has 1 aliphatic heterocycles. The molecule has 0 spiro atoms. The minimum absolute atomic E-state index is 0.0189. The molecule has 30 heavy (non-hydrogen) atoms. The summed E-state index contributed by atoms with van der Waals surface area (Å²) in [6.07, 6.45) is -1.75. The van der Waals surface area contributed by atoms with Crippen LogP contribution in [0.25, 0.3) is 11.0 Å².